The zero-order valence-corrected chi connectivity index (χ0v) is 9.04. The zero-order chi connectivity index (χ0) is 8.10. The van der Waals surface area contributed by atoms with Crippen LogP contribution in [0.4, 0.5) is 0 Å². The molecule has 0 aliphatic rings. The molecule has 0 saturated carbocycles. The summed E-state index contributed by atoms with van der Waals surface area (Å²) in [6.45, 7) is 0. The van der Waals surface area contributed by atoms with Gasteiger partial charge in [0.25, 0.3) is 0 Å². The van der Waals surface area contributed by atoms with Gasteiger partial charge in [0.1, 0.15) is 0 Å². The smallest absolute Gasteiger partial charge is 0.186 e. The monoisotopic (exact) mass is 192 g/mol. The van der Waals surface area contributed by atoms with Crippen molar-refractivity contribution in [2.75, 3.05) is 0 Å². The van der Waals surface area contributed by atoms with Gasteiger partial charge in [-0.15, -0.1) is 0 Å². The summed E-state index contributed by atoms with van der Waals surface area (Å²) < 4.78 is 0. The predicted octanol–water partition coefficient (Wildman–Crippen LogP) is 0.0365. The van der Waals surface area contributed by atoms with E-state index in [0.717, 1.165) is 6.04 Å². The van der Waals surface area contributed by atoms with Crippen LogP contribution in [0.15, 0.2) is 30.3 Å². The molecular formula is C7H8OSi3. The largest absolute Gasteiger partial charge is 0.435 e. The molecular weight excluding hydrogens is 184 g/mol. The van der Waals surface area contributed by atoms with Gasteiger partial charge in [0.05, 0.1) is 0 Å². The minimum absolute atomic E-state index is 0.520. The van der Waals surface area contributed by atoms with Crippen molar-refractivity contribution in [3.63, 3.8) is 0 Å². The lowest BCUT2D eigenvalue weighted by molar-refractivity contribution is 0.591. The van der Waals surface area contributed by atoms with Crippen molar-refractivity contribution in [3.8, 4) is 0 Å². The lowest BCUT2D eigenvalue weighted by atomic mass is 10.2. The summed E-state index contributed by atoms with van der Waals surface area (Å²) in [6.07, 6.45) is 0. The Morgan fingerprint density at radius 1 is 1.36 bits per heavy atom. The van der Waals surface area contributed by atoms with Gasteiger partial charge in [-0.2, -0.15) is 0 Å². The van der Waals surface area contributed by atoms with Crippen LogP contribution in [0.5, 0.6) is 0 Å². The average molecular weight is 192 g/mol. The third-order valence-electron chi connectivity index (χ3n) is 1.36. The highest BCUT2D eigenvalue weighted by atomic mass is 29.5. The zero-order valence-electron chi connectivity index (χ0n) is 6.04. The van der Waals surface area contributed by atoms with Gasteiger partial charge >= 0.3 is 0 Å². The van der Waals surface area contributed by atoms with Gasteiger partial charge in [0.2, 0.25) is 0 Å². The van der Waals surface area contributed by atoms with Crippen LogP contribution < -0.4 is 0 Å². The van der Waals surface area contributed by atoms with Crippen LogP contribution in [-0.4, -0.2) is 31.7 Å². The van der Waals surface area contributed by atoms with E-state index in [1.54, 1.807) is 0 Å². The summed E-state index contributed by atoms with van der Waals surface area (Å²) in [5.74, 6) is 0. The van der Waals surface area contributed by atoms with E-state index in [1.807, 2.05) is 30.3 Å². The molecule has 1 rings (SSSR count). The number of hydrogen-bond acceptors (Lipinski definition) is 1. The molecule has 11 heavy (non-hydrogen) atoms. The van der Waals surface area contributed by atoms with E-state index >= 15 is 0 Å². The minimum atomic E-state index is -1.14. The fourth-order valence-electron chi connectivity index (χ4n) is 0.833. The molecule has 0 aromatic heterocycles. The van der Waals surface area contributed by atoms with Gasteiger partial charge in [0.15, 0.2) is 8.56 Å². The maximum atomic E-state index is 9.38. The molecule has 1 aromatic carbocycles. The normalized spacial score (nSPS) is 10.5. The summed E-state index contributed by atoms with van der Waals surface area (Å²) >= 11 is 0. The molecule has 1 aromatic rings. The van der Waals surface area contributed by atoms with Gasteiger partial charge in [-0.1, -0.05) is 30.3 Å². The van der Waals surface area contributed by atoms with E-state index in [-0.39, 0.29) is 0 Å². The molecule has 0 aliphatic heterocycles. The molecule has 54 valence electrons. The highest BCUT2D eigenvalue weighted by Crippen LogP contribution is 1.99. The van der Waals surface area contributed by atoms with Crippen molar-refractivity contribution in [2.24, 2.45) is 0 Å². The third kappa shape index (κ3) is 3.15. The van der Waals surface area contributed by atoms with Crippen LogP contribution in [-0.2, 0) is 6.04 Å². The van der Waals surface area contributed by atoms with Gasteiger partial charge in [0, 0.05) is 18.3 Å². The first-order valence-corrected chi connectivity index (χ1v) is 8.50. The highest BCUT2D eigenvalue weighted by Gasteiger charge is 2.05. The molecule has 0 bridgehead atoms. The Morgan fingerprint density at radius 2 is 2.00 bits per heavy atom. The SMILES string of the molecule is O[Si](Cc1ccccc1)[Si][Si]. The first-order chi connectivity index (χ1) is 5.33. The maximum absolute atomic E-state index is 9.38. The molecule has 0 atom stereocenters. The minimum Gasteiger partial charge on any atom is -0.435 e. The maximum Gasteiger partial charge on any atom is 0.186 e. The Hall–Kier alpha value is -0.169. The van der Waals surface area contributed by atoms with Gasteiger partial charge in [-0.25, -0.2) is 0 Å². The Labute approximate surface area is 74.0 Å². The Morgan fingerprint density at radius 3 is 2.55 bits per heavy atom. The van der Waals surface area contributed by atoms with Gasteiger partial charge < -0.3 is 4.80 Å². The van der Waals surface area contributed by atoms with E-state index in [0.29, 0.717) is 8.55 Å². The quantitative estimate of drug-likeness (QED) is 0.670. The summed E-state index contributed by atoms with van der Waals surface area (Å²) in [7, 11) is 2.72. The molecule has 4 heteroatoms. The molecule has 0 fully saturated rings. The molecule has 0 unspecified atom stereocenters. The molecule has 0 amide bonds. The predicted molar refractivity (Wildman–Crippen MR) is 49.6 cm³/mol. The van der Waals surface area contributed by atoms with Crippen molar-refractivity contribution < 1.29 is 4.80 Å². The second-order valence-electron chi connectivity index (χ2n) is 2.23. The summed E-state index contributed by atoms with van der Waals surface area (Å²) in [4.78, 5) is 9.38. The van der Waals surface area contributed by atoms with Crippen molar-refractivity contribution in [1.29, 1.82) is 0 Å². The van der Waals surface area contributed by atoms with Gasteiger partial charge in [-0.3, -0.25) is 0 Å². The third-order valence-corrected chi connectivity index (χ3v) is 6.38. The van der Waals surface area contributed by atoms with Crippen molar-refractivity contribution in [1.82, 2.24) is 0 Å². The summed E-state index contributed by atoms with van der Waals surface area (Å²) in [5, 5.41) is 0. The lowest BCUT2D eigenvalue weighted by Crippen LogP contribution is -2.25. The molecule has 0 spiro atoms. The molecule has 1 N–H and O–H groups in total. The van der Waals surface area contributed by atoms with E-state index in [4.69, 9.17) is 0 Å². The Bertz CT molecular complexity index is 202. The second-order valence-corrected chi connectivity index (χ2v) is 8.46. The summed E-state index contributed by atoms with van der Waals surface area (Å²) in [5.41, 5.74) is 1.23. The van der Waals surface area contributed by atoms with Crippen LogP contribution >= 0.6 is 0 Å². The van der Waals surface area contributed by atoms with Crippen LogP contribution in [0.3, 0.4) is 0 Å². The topological polar surface area (TPSA) is 20.2 Å². The van der Waals surface area contributed by atoms with Crippen molar-refractivity contribution in [3.05, 3.63) is 35.9 Å². The fraction of sp³-hybridized carbons (Fsp3) is 0.143. The van der Waals surface area contributed by atoms with E-state index < -0.39 is 8.56 Å². The fourth-order valence-corrected chi connectivity index (χ4v) is 3.22. The number of rotatable bonds is 3. The molecule has 1 nitrogen and oxygen atoms in total. The first kappa shape index (κ1) is 8.92. The standard InChI is InChI=1S/C7H8OSi3/c8-11(10-9)6-7-4-2-1-3-5-7/h1-5,8H,6H2. The van der Waals surface area contributed by atoms with E-state index in [9.17, 15) is 4.80 Å². The highest BCUT2D eigenvalue weighted by molar-refractivity contribution is 7.28. The first-order valence-electron chi connectivity index (χ1n) is 3.34. The molecule has 0 heterocycles. The Kier molecular flexibility index (Phi) is 3.78. The van der Waals surface area contributed by atoms with E-state index in [2.05, 4.69) is 9.76 Å². The molecule has 0 saturated heterocycles. The Balaban J connectivity index is 2.51. The van der Waals surface area contributed by atoms with Crippen LogP contribution in [0.2, 0.25) is 0 Å². The number of hydrogen-bond donors (Lipinski definition) is 1. The average Bonchev–Trinajstić information content (AvgIpc) is 2.06. The number of benzene rings is 1. The van der Waals surface area contributed by atoms with Crippen LogP contribution in [0.1, 0.15) is 5.56 Å². The molecule has 6 radical (unpaired) electrons. The van der Waals surface area contributed by atoms with E-state index in [1.165, 1.54) is 5.56 Å². The van der Waals surface area contributed by atoms with Crippen molar-refractivity contribution >= 4 is 26.9 Å². The second kappa shape index (κ2) is 4.66. The van der Waals surface area contributed by atoms with Crippen LogP contribution in [0, 0.1) is 0 Å². The molecule has 0 aliphatic carbocycles. The summed E-state index contributed by atoms with van der Waals surface area (Å²) in [6, 6.07) is 10.9. The van der Waals surface area contributed by atoms with Gasteiger partial charge in [-0.05, 0) is 11.6 Å². The van der Waals surface area contributed by atoms with Crippen molar-refractivity contribution in [2.45, 2.75) is 6.04 Å². The van der Waals surface area contributed by atoms with Crippen LogP contribution in [0.25, 0.3) is 0 Å². The lowest BCUT2D eigenvalue weighted by Gasteiger charge is -2.02.